The van der Waals surface area contributed by atoms with Gasteiger partial charge in [-0.2, -0.15) is 0 Å². The number of hydrogen-bond donors (Lipinski definition) is 0. The Kier molecular flexibility index (Phi) is 3.18. The second kappa shape index (κ2) is 4.69. The molecule has 2 bridgehead atoms. The fourth-order valence-electron chi connectivity index (χ4n) is 6.54. The summed E-state index contributed by atoms with van der Waals surface area (Å²) in [6.07, 6.45) is 6.60. The SMILES string of the molecule is CC(C)(C)[Si]1(Cc2ccccn2)C[C@@H]2[C@@H]3CC[C@@H](C3)[C@]2(C)C1. The van der Waals surface area contributed by atoms with Crippen molar-refractivity contribution in [2.24, 2.45) is 23.2 Å². The molecule has 2 aliphatic carbocycles. The van der Waals surface area contributed by atoms with Gasteiger partial charge in [0, 0.05) is 11.9 Å². The lowest BCUT2D eigenvalue weighted by molar-refractivity contribution is 0.153. The van der Waals surface area contributed by atoms with Crippen LogP contribution in [0.5, 0.6) is 0 Å². The number of nitrogens with zero attached hydrogens (tertiary/aromatic N) is 1. The molecule has 0 amide bonds. The summed E-state index contributed by atoms with van der Waals surface area (Å²) in [5.74, 6) is 3.15. The van der Waals surface area contributed by atoms with Gasteiger partial charge >= 0.3 is 0 Å². The average Bonchev–Trinajstić information content (AvgIpc) is 3.08. The second-order valence-electron chi connectivity index (χ2n) is 9.79. The lowest BCUT2D eigenvalue weighted by Crippen LogP contribution is -2.45. The van der Waals surface area contributed by atoms with Gasteiger partial charge in [0.2, 0.25) is 0 Å². The van der Waals surface area contributed by atoms with Crippen molar-refractivity contribution in [1.29, 1.82) is 0 Å². The summed E-state index contributed by atoms with van der Waals surface area (Å²) in [5, 5.41) is 0.497. The van der Waals surface area contributed by atoms with E-state index in [0.29, 0.717) is 10.5 Å². The first-order chi connectivity index (χ1) is 10.3. The summed E-state index contributed by atoms with van der Waals surface area (Å²) in [7, 11) is -1.35. The maximum absolute atomic E-state index is 4.71. The Morgan fingerprint density at radius 1 is 1.27 bits per heavy atom. The zero-order valence-electron chi connectivity index (χ0n) is 14.7. The highest BCUT2D eigenvalue weighted by Crippen LogP contribution is 2.71. The van der Waals surface area contributed by atoms with Crippen LogP contribution in [0.15, 0.2) is 24.4 Å². The summed E-state index contributed by atoms with van der Waals surface area (Å²) in [4.78, 5) is 4.71. The first kappa shape index (κ1) is 14.9. The molecular formula is C20H31NSi. The molecule has 0 spiro atoms. The number of aromatic nitrogens is 1. The zero-order chi connectivity index (χ0) is 15.6. The van der Waals surface area contributed by atoms with Crippen molar-refractivity contribution in [3.63, 3.8) is 0 Å². The van der Waals surface area contributed by atoms with Crippen LogP contribution in [-0.4, -0.2) is 13.1 Å². The fraction of sp³-hybridized carbons (Fsp3) is 0.750. The second-order valence-corrected chi connectivity index (χ2v) is 15.0. The van der Waals surface area contributed by atoms with E-state index in [-0.39, 0.29) is 0 Å². The Balaban J connectivity index is 1.70. The van der Waals surface area contributed by atoms with Gasteiger partial charge in [0.1, 0.15) is 0 Å². The van der Waals surface area contributed by atoms with Crippen LogP contribution in [0.4, 0.5) is 0 Å². The van der Waals surface area contributed by atoms with Gasteiger partial charge in [-0.15, -0.1) is 0 Å². The maximum Gasteiger partial charge on any atom is 0.0659 e. The molecule has 0 aromatic carbocycles. The minimum Gasteiger partial charge on any atom is -0.262 e. The summed E-state index contributed by atoms with van der Waals surface area (Å²) in [6, 6.07) is 10.9. The topological polar surface area (TPSA) is 12.9 Å². The molecule has 1 aromatic rings. The molecule has 1 aromatic heterocycles. The molecule has 22 heavy (non-hydrogen) atoms. The molecule has 4 rings (SSSR count). The Morgan fingerprint density at radius 3 is 2.73 bits per heavy atom. The first-order valence-electron chi connectivity index (χ1n) is 9.24. The highest BCUT2D eigenvalue weighted by molar-refractivity contribution is 6.82. The predicted octanol–water partition coefficient (Wildman–Crippen LogP) is 5.48. The summed E-state index contributed by atoms with van der Waals surface area (Å²) in [5.41, 5.74) is 2.04. The van der Waals surface area contributed by atoms with E-state index >= 15 is 0 Å². The summed E-state index contributed by atoms with van der Waals surface area (Å²) in [6.45, 7) is 10.3. The molecule has 3 aliphatic rings. The molecule has 1 saturated heterocycles. The molecule has 1 unspecified atom stereocenters. The number of pyridine rings is 1. The van der Waals surface area contributed by atoms with Crippen molar-refractivity contribution >= 4 is 8.07 Å². The standard InChI is InChI=1S/C20H31NSi/c1-19(2,3)22(12-17-7-5-6-10-21-17)13-18-15-8-9-16(11-15)20(18,4)14-22/h5-7,10,15-16,18H,8-9,11-14H2,1-4H3/t15-,16+,18-,20+,22?/m1/s1. The number of fused-ring (bicyclic) bond motifs is 5. The Hall–Kier alpha value is -0.633. The van der Waals surface area contributed by atoms with Gasteiger partial charge in [0.05, 0.1) is 8.07 Å². The van der Waals surface area contributed by atoms with Gasteiger partial charge in [-0.05, 0) is 65.6 Å². The fourth-order valence-corrected chi connectivity index (χ4v) is 13.2. The van der Waals surface area contributed by atoms with Crippen molar-refractivity contribution in [2.45, 2.75) is 70.1 Å². The van der Waals surface area contributed by atoms with E-state index in [2.05, 4.69) is 45.9 Å². The van der Waals surface area contributed by atoms with Crippen LogP contribution < -0.4 is 0 Å². The third-order valence-corrected chi connectivity index (χ3v) is 14.9. The molecule has 2 saturated carbocycles. The highest BCUT2D eigenvalue weighted by Gasteiger charge is 2.66. The van der Waals surface area contributed by atoms with Crippen LogP contribution >= 0.6 is 0 Å². The maximum atomic E-state index is 4.71. The molecule has 2 heterocycles. The molecular weight excluding hydrogens is 282 g/mol. The van der Waals surface area contributed by atoms with Crippen LogP contribution in [0, 0.1) is 23.2 Å². The van der Waals surface area contributed by atoms with Crippen molar-refractivity contribution in [1.82, 2.24) is 4.98 Å². The van der Waals surface area contributed by atoms with Gasteiger partial charge in [-0.3, -0.25) is 4.98 Å². The minimum atomic E-state index is -1.35. The summed E-state index contributed by atoms with van der Waals surface area (Å²) < 4.78 is 0. The quantitative estimate of drug-likeness (QED) is 0.659. The van der Waals surface area contributed by atoms with E-state index in [1.807, 2.05) is 6.20 Å². The largest absolute Gasteiger partial charge is 0.262 e. The van der Waals surface area contributed by atoms with E-state index < -0.39 is 8.07 Å². The molecule has 2 heteroatoms. The van der Waals surface area contributed by atoms with Crippen LogP contribution in [0.3, 0.4) is 0 Å². The Bertz CT molecular complexity index is 563. The van der Waals surface area contributed by atoms with E-state index in [1.165, 1.54) is 24.6 Å². The molecule has 0 radical (unpaired) electrons. The van der Waals surface area contributed by atoms with Crippen LogP contribution in [0.1, 0.15) is 52.7 Å². The Labute approximate surface area is 136 Å². The number of rotatable bonds is 2. The smallest absolute Gasteiger partial charge is 0.0659 e. The van der Waals surface area contributed by atoms with Crippen molar-refractivity contribution in [3.05, 3.63) is 30.1 Å². The van der Waals surface area contributed by atoms with Gasteiger partial charge < -0.3 is 0 Å². The molecule has 120 valence electrons. The van der Waals surface area contributed by atoms with E-state index in [0.717, 1.165) is 17.8 Å². The Morgan fingerprint density at radius 2 is 2.09 bits per heavy atom. The van der Waals surface area contributed by atoms with E-state index in [1.54, 1.807) is 18.5 Å². The van der Waals surface area contributed by atoms with Crippen molar-refractivity contribution < 1.29 is 0 Å². The molecule has 1 nitrogen and oxygen atoms in total. The van der Waals surface area contributed by atoms with E-state index in [4.69, 9.17) is 4.98 Å². The average molecular weight is 314 g/mol. The van der Waals surface area contributed by atoms with Gasteiger partial charge in [0.25, 0.3) is 0 Å². The van der Waals surface area contributed by atoms with Crippen LogP contribution in [-0.2, 0) is 6.04 Å². The predicted molar refractivity (Wildman–Crippen MR) is 95.5 cm³/mol. The first-order valence-corrected chi connectivity index (χ1v) is 11.9. The van der Waals surface area contributed by atoms with Gasteiger partial charge in [-0.25, -0.2) is 0 Å². The number of hydrogen-bond acceptors (Lipinski definition) is 1. The van der Waals surface area contributed by atoms with Crippen molar-refractivity contribution in [3.8, 4) is 0 Å². The lowest BCUT2D eigenvalue weighted by Gasteiger charge is -2.42. The third-order valence-electron chi connectivity index (χ3n) is 7.99. The van der Waals surface area contributed by atoms with Crippen LogP contribution in [0.2, 0.25) is 17.1 Å². The zero-order valence-corrected chi connectivity index (χ0v) is 15.7. The van der Waals surface area contributed by atoms with Crippen molar-refractivity contribution in [2.75, 3.05) is 0 Å². The molecule has 0 N–H and O–H groups in total. The minimum absolute atomic E-state index is 0.497. The normalized spacial score (nSPS) is 43.5. The third kappa shape index (κ3) is 1.99. The van der Waals surface area contributed by atoms with Crippen LogP contribution in [0.25, 0.3) is 0 Å². The lowest BCUT2D eigenvalue weighted by atomic mass is 9.70. The monoisotopic (exact) mass is 313 g/mol. The molecule has 3 fully saturated rings. The molecule has 1 aliphatic heterocycles. The van der Waals surface area contributed by atoms with Gasteiger partial charge in [0.15, 0.2) is 0 Å². The highest BCUT2D eigenvalue weighted by atomic mass is 28.3. The molecule has 5 atom stereocenters. The van der Waals surface area contributed by atoms with E-state index in [9.17, 15) is 0 Å². The van der Waals surface area contributed by atoms with Gasteiger partial charge in [-0.1, -0.05) is 45.8 Å². The summed E-state index contributed by atoms with van der Waals surface area (Å²) >= 11 is 0.